The zero-order chi connectivity index (χ0) is 15.4. The highest BCUT2D eigenvalue weighted by Crippen LogP contribution is 2.29. The van der Waals surface area contributed by atoms with Crippen LogP contribution in [-0.4, -0.2) is 51.7 Å². The lowest BCUT2D eigenvalue weighted by molar-refractivity contribution is -0.0413. The summed E-state index contributed by atoms with van der Waals surface area (Å²) in [5.74, 6) is -0.105. The van der Waals surface area contributed by atoms with Gasteiger partial charge in [0.1, 0.15) is 17.9 Å². The van der Waals surface area contributed by atoms with Crippen molar-refractivity contribution < 1.29 is 14.2 Å². The molecule has 0 radical (unpaired) electrons. The molecule has 1 aromatic heterocycles. The van der Waals surface area contributed by atoms with Crippen molar-refractivity contribution >= 4 is 0 Å². The molecule has 0 bridgehead atoms. The highest BCUT2D eigenvalue weighted by atomic mass is 19.1. The van der Waals surface area contributed by atoms with Gasteiger partial charge in [0.25, 0.3) is 0 Å². The van der Waals surface area contributed by atoms with Crippen molar-refractivity contribution in [1.82, 2.24) is 20.3 Å². The van der Waals surface area contributed by atoms with Crippen LogP contribution in [-0.2, 0) is 5.60 Å². The largest absolute Gasteiger partial charge is 0.489 e. The summed E-state index contributed by atoms with van der Waals surface area (Å²) < 4.78 is 18.9. The lowest BCUT2D eigenvalue weighted by atomic mass is 9.90. The number of piperidine rings is 1. The number of hydrogen-bond donors (Lipinski definition) is 2. The van der Waals surface area contributed by atoms with E-state index in [1.165, 1.54) is 6.07 Å². The van der Waals surface area contributed by atoms with Crippen LogP contribution in [0.15, 0.2) is 30.5 Å². The number of hydrogen-bond acceptors (Lipinski definition) is 5. The molecule has 1 saturated heterocycles. The van der Waals surface area contributed by atoms with Gasteiger partial charge in [-0.05, 0) is 31.5 Å². The van der Waals surface area contributed by atoms with Crippen LogP contribution in [0.25, 0.3) is 0 Å². The predicted octanol–water partition coefficient (Wildman–Crippen LogP) is 1.31. The summed E-state index contributed by atoms with van der Waals surface area (Å²) in [6, 6.07) is 6.35. The van der Waals surface area contributed by atoms with Gasteiger partial charge in [0.15, 0.2) is 11.6 Å². The summed E-state index contributed by atoms with van der Waals surface area (Å²) >= 11 is 0. The van der Waals surface area contributed by atoms with Crippen molar-refractivity contribution in [3.63, 3.8) is 0 Å². The Bertz CT molecular complexity index is 607. The summed E-state index contributed by atoms with van der Waals surface area (Å²) in [6.07, 6.45) is 3.08. The number of benzene rings is 1. The fraction of sp³-hybridized carbons (Fsp3) is 0.467. The van der Waals surface area contributed by atoms with E-state index >= 15 is 0 Å². The van der Waals surface area contributed by atoms with E-state index in [0.29, 0.717) is 31.8 Å². The number of aliphatic hydroxyl groups is 1. The topological polar surface area (TPSA) is 74.3 Å². The SMILES string of the molecule is OC1(c2cn[nH]n2)CCCN(CCOc2ccccc2F)C1. The standard InChI is InChI=1S/C15H19FN4O2/c16-12-4-1-2-5-13(12)22-9-8-20-7-3-6-15(21,11-20)14-10-17-19-18-14/h1-2,4-5,10,21H,3,6-9,11H2,(H,17,18,19). The lowest BCUT2D eigenvalue weighted by Gasteiger charge is -2.37. The number of H-pyrrole nitrogens is 1. The first-order chi connectivity index (χ1) is 10.7. The van der Waals surface area contributed by atoms with Gasteiger partial charge in [0.2, 0.25) is 0 Å². The Hall–Kier alpha value is -1.99. The van der Waals surface area contributed by atoms with E-state index in [1.54, 1.807) is 24.4 Å². The van der Waals surface area contributed by atoms with E-state index in [-0.39, 0.29) is 11.6 Å². The van der Waals surface area contributed by atoms with E-state index in [0.717, 1.165) is 13.0 Å². The van der Waals surface area contributed by atoms with Crippen LogP contribution in [0, 0.1) is 5.82 Å². The van der Waals surface area contributed by atoms with E-state index in [2.05, 4.69) is 20.3 Å². The highest BCUT2D eigenvalue weighted by Gasteiger charge is 2.36. The Labute approximate surface area is 127 Å². The number of para-hydroxylation sites is 1. The van der Waals surface area contributed by atoms with Crippen LogP contribution >= 0.6 is 0 Å². The minimum absolute atomic E-state index is 0.256. The number of nitrogens with zero attached hydrogens (tertiary/aromatic N) is 3. The predicted molar refractivity (Wildman–Crippen MR) is 77.8 cm³/mol. The molecule has 0 amide bonds. The molecule has 1 atom stereocenters. The van der Waals surface area contributed by atoms with Crippen LogP contribution in [0.4, 0.5) is 4.39 Å². The summed E-state index contributed by atoms with van der Waals surface area (Å²) in [5, 5.41) is 21.0. The molecule has 1 fully saturated rings. The maximum absolute atomic E-state index is 13.5. The molecule has 1 unspecified atom stereocenters. The number of nitrogens with one attached hydrogen (secondary N) is 1. The van der Waals surface area contributed by atoms with Crippen LogP contribution < -0.4 is 4.74 Å². The molecule has 118 valence electrons. The van der Waals surface area contributed by atoms with Crippen molar-refractivity contribution in [2.45, 2.75) is 18.4 Å². The maximum atomic E-state index is 13.5. The summed E-state index contributed by atoms with van der Waals surface area (Å²) in [6.45, 7) is 2.34. The minimum Gasteiger partial charge on any atom is -0.489 e. The molecule has 6 nitrogen and oxygen atoms in total. The maximum Gasteiger partial charge on any atom is 0.165 e. The highest BCUT2D eigenvalue weighted by molar-refractivity contribution is 5.23. The van der Waals surface area contributed by atoms with Gasteiger partial charge in [-0.15, -0.1) is 0 Å². The van der Waals surface area contributed by atoms with Gasteiger partial charge in [-0.3, -0.25) is 4.90 Å². The summed E-state index contributed by atoms with van der Waals surface area (Å²) in [5.41, 5.74) is -0.421. The van der Waals surface area contributed by atoms with Crippen molar-refractivity contribution in [1.29, 1.82) is 0 Å². The second-order valence-electron chi connectivity index (χ2n) is 5.55. The molecule has 1 aliphatic rings. The fourth-order valence-electron chi connectivity index (χ4n) is 2.80. The molecular weight excluding hydrogens is 287 g/mol. The first kappa shape index (κ1) is 14.9. The van der Waals surface area contributed by atoms with Crippen molar-refractivity contribution in [2.24, 2.45) is 0 Å². The van der Waals surface area contributed by atoms with Crippen LogP contribution in [0.3, 0.4) is 0 Å². The Morgan fingerprint density at radius 3 is 3.05 bits per heavy atom. The number of rotatable bonds is 5. The minimum atomic E-state index is -0.983. The molecule has 1 aromatic carbocycles. The average Bonchev–Trinajstić information content (AvgIpc) is 3.05. The molecule has 0 saturated carbocycles. The first-order valence-electron chi connectivity index (χ1n) is 7.36. The first-order valence-corrected chi connectivity index (χ1v) is 7.36. The average molecular weight is 306 g/mol. The van der Waals surface area contributed by atoms with E-state index < -0.39 is 5.60 Å². The van der Waals surface area contributed by atoms with Gasteiger partial charge in [-0.2, -0.15) is 15.4 Å². The lowest BCUT2D eigenvalue weighted by Crippen LogP contribution is -2.47. The molecule has 1 aliphatic heterocycles. The zero-order valence-corrected chi connectivity index (χ0v) is 12.2. The van der Waals surface area contributed by atoms with Gasteiger partial charge in [-0.25, -0.2) is 4.39 Å². The number of aromatic nitrogens is 3. The number of halogens is 1. The Morgan fingerprint density at radius 2 is 2.27 bits per heavy atom. The third-order valence-electron chi connectivity index (χ3n) is 3.94. The van der Waals surface area contributed by atoms with Crippen LogP contribution in [0.1, 0.15) is 18.5 Å². The number of β-amino-alcohol motifs (C(OH)–C–C–N with tert-alkyl or cyclic N) is 1. The van der Waals surface area contributed by atoms with Crippen molar-refractivity contribution in [3.8, 4) is 5.75 Å². The van der Waals surface area contributed by atoms with Gasteiger partial charge in [-0.1, -0.05) is 12.1 Å². The summed E-state index contributed by atoms with van der Waals surface area (Å²) in [4.78, 5) is 2.10. The molecule has 0 spiro atoms. The Morgan fingerprint density at radius 1 is 1.41 bits per heavy atom. The smallest absolute Gasteiger partial charge is 0.165 e. The second-order valence-corrected chi connectivity index (χ2v) is 5.55. The Kier molecular flexibility index (Phi) is 4.35. The number of likely N-dealkylation sites (tertiary alicyclic amines) is 1. The molecular formula is C15H19FN4O2. The molecule has 2 aromatic rings. The van der Waals surface area contributed by atoms with E-state index in [1.807, 2.05) is 0 Å². The molecule has 2 heterocycles. The molecule has 7 heteroatoms. The number of ether oxygens (including phenoxy) is 1. The van der Waals surface area contributed by atoms with Gasteiger partial charge in [0, 0.05) is 13.1 Å². The van der Waals surface area contributed by atoms with Crippen LogP contribution in [0.5, 0.6) is 5.75 Å². The third kappa shape index (κ3) is 3.26. The van der Waals surface area contributed by atoms with Crippen molar-refractivity contribution in [3.05, 3.63) is 42.0 Å². The van der Waals surface area contributed by atoms with Crippen molar-refractivity contribution in [2.75, 3.05) is 26.2 Å². The Balaban J connectivity index is 1.54. The molecule has 22 heavy (non-hydrogen) atoms. The molecule has 2 N–H and O–H groups in total. The number of aromatic amines is 1. The van der Waals surface area contributed by atoms with Gasteiger partial charge < -0.3 is 9.84 Å². The second kappa shape index (κ2) is 6.41. The fourth-order valence-corrected chi connectivity index (χ4v) is 2.80. The van der Waals surface area contributed by atoms with E-state index in [4.69, 9.17) is 4.74 Å². The van der Waals surface area contributed by atoms with Crippen LogP contribution in [0.2, 0.25) is 0 Å². The quantitative estimate of drug-likeness (QED) is 0.871. The van der Waals surface area contributed by atoms with E-state index in [9.17, 15) is 9.50 Å². The monoisotopic (exact) mass is 306 g/mol. The molecule has 0 aliphatic carbocycles. The molecule has 3 rings (SSSR count). The zero-order valence-electron chi connectivity index (χ0n) is 12.2. The summed E-state index contributed by atoms with van der Waals surface area (Å²) in [7, 11) is 0. The normalized spacial score (nSPS) is 22.6. The van der Waals surface area contributed by atoms with Gasteiger partial charge in [0.05, 0.1) is 6.20 Å². The van der Waals surface area contributed by atoms with Gasteiger partial charge >= 0.3 is 0 Å². The third-order valence-corrected chi connectivity index (χ3v) is 3.94.